The third-order valence-corrected chi connectivity index (χ3v) is 0.968. The lowest BCUT2D eigenvalue weighted by atomic mass is 10.1. The lowest BCUT2D eigenvalue weighted by Crippen LogP contribution is -2.34. The van der Waals surface area contributed by atoms with E-state index >= 15 is 0 Å². The van der Waals surface area contributed by atoms with Gasteiger partial charge in [-0.25, -0.2) is 4.57 Å². The number of ketones is 1. The summed E-state index contributed by atoms with van der Waals surface area (Å²) in [7, 11) is -4.64. The Morgan fingerprint density at radius 3 is 1.64 bits per heavy atom. The van der Waals surface area contributed by atoms with Gasteiger partial charge in [-0.1, -0.05) is 0 Å². The minimum Gasteiger partial charge on any atom is -0.394 e. The molecule has 9 heteroatoms. The fourth-order valence-corrected chi connectivity index (χ4v) is 0.371. The lowest BCUT2D eigenvalue weighted by molar-refractivity contribution is -0.132. The molecular formula is C5H13O8P. The van der Waals surface area contributed by atoms with Crippen molar-refractivity contribution in [3.05, 3.63) is 0 Å². The van der Waals surface area contributed by atoms with Gasteiger partial charge in [-0.15, -0.1) is 0 Å². The van der Waals surface area contributed by atoms with Crippen LogP contribution in [0.2, 0.25) is 0 Å². The Morgan fingerprint density at radius 2 is 1.57 bits per heavy atom. The third kappa shape index (κ3) is 14.2. The molecule has 0 unspecified atom stereocenters. The molecule has 0 amide bonds. The van der Waals surface area contributed by atoms with Gasteiger partial charge in [0.05, 0.1) is 6.61 Å². The van der Waals surface area contributed by atoms with Crippen molar-refractivity contribution in [2.45, 2.75) is 19.1 Å². The highest BCUT2D eigenvalue weighted by atomic mass is 31.2. The van der Waals surface area contributed by atoms with Crippen LogP contribution < -0.4 is 0 Å². The number of aliphatic hydroxyl groups is 3. The fraction of sp³-hybridized carbons (Fsp3) is 0.800. The van der Waals surface area contributed by atoms with Crippen LogP contribution in [0.25, 0.3) is 0 Å². The maximum absolute atomic E-state index is 10.2. The van der Waals surface area contributed by atoms with E-state index < -0.39 is 32.4 Å². The topological polar surface area (TPSA) is 156 Å². The highest BCUT2D eigenvalue weighted by Crippen LogP contribution is 2.25. The van der Waals surface area contributed by atoms with Crippen molar-refractivity contribution in [3.8, 4) is 0 Å². The molecule has 0 rings (SSSR count). The highest BCUT2D eigenvalue weighted by Gasteiger charge is 2.18. The van der Waals surface area contributed by atoms with Crippen molar-refractivity contribution in [2.75, 3.05) is 6.61 Å². The molecule has 14 heavy (non-hydrogen) atoms. The molecular weight excluding hydrogens is 219 g/mol. The summed E-state index contributed by atoms with van der Waals surface area (Å²) >= 11 is 0. The van der Waals surface area contributed by atoms with Crippen LogP contribution in [-0.2, 0) is 9.36 Å². The summed E-state index contributed by atoms with van der Waals surface area (Å²) in [6.45, 7) is 0.546. The Bertz CT molecular complexity index is 202. The normalized spacial score (nSPS) is 15.1. The van der Waals surface area contributed by atoms with E-state index in [2.05, 4.69) is 0 Å². The van der Waals surface area contributed by atoms with Gasteiger partial charge in [0.15, 0.2) is 5.78 Å². The van der Waals surface area contributed by atoms with Crippen molar-refractivity contribution in [1.29, 1.82) is 0 Å². The molecule has 0 aliphatic heterocycles. The Hall–Kier alpha value is -0.340. The number of rotatable bonds is 3. The number of aliphatic hydroxyl groups excluding tert-OH is 3. The van der Waals surface area contributed by atoms with E-state index in [1.54, 1.807) is 0 Å². The van der Waals surface area contributed by atoms with E-state index in [0.717, 1.165) is 6.92 Å². The van der Waals surface area contributed by atoms with Gasteiger partial charge in [-0.3, -0.25) is 4.79 Å². The molecule has 0 aromatic rings. The number of carbonyl (C=O) groups is 1. The van der Waals surface area contributed by atoms with Crippen molar-refractivity contribution >= 4 is 13.6 Å². The number of hydrogen-bond acceptors (Lipinski definition) is 5. The summed E-state index contributed by atoms with van der Waals surface area (Å²) in [5, 5.41) is 25.4. The van der Waals surface area contributed by atoms with Gasteiger partial charge in [-0.05, 0) is 6.92 Å². The molecule has 0 fully saturated rings. The second-order valence-electron chi connectivity index (χ2n) is 2.32. The standard InChI is InChI=1S/C5H10O4.H3O4P/c1-3(7)5(9)4(8)2-6;1-5(2,3)4/h4-6,8-9H,2H2,1H3;(H3,1,2,3,4)/t4-,5-;/m1./s1. The Morgan fingerprint density at radius 1 is 1.29 bits per heavy atom. The first-order chi connectivity index (χ1) is 6.09. The zero-order valence-electron chi connectivity index (χ0n) is 7.31. The van der Waals surface area contributed by atoms with Gasteiger partial charge in [0, 0.05) is 0 Å². The first-order valence-corrected chi connectivity index (χ1v) is 4.91. The van der Waals surface area contributed by atoms with E-state index in [0.29, 0.717) is 0 Å². The molecule has 0 bridgehead atoms. The minimum absolute atomic E-state index is 0.545. The fourth-order valence-electron chi connectivity index (χ4n) is 0.371. The maximum Gasteiger partial charge on any atom is 0.466 e. The molecule has 2 atom stereocenters. The summed E-state index contributed by atoms with van der Waals surface area (Å²) < 4.78 is 8.88. The summed E-state index contributed by atoms with van der Waals surface area (Å²) in [4.78, 5) is 31.8. The Kier molecular flexibility index (Phi) is 8.07. The molecule has 0 aliphatic carbocycles. The minimum atomic E-state index is -4.64. The molecule has 0 aliphatic rings. The molecule has 0 aromatic heterocycles. The molecule has 0 saturated carbocycles. The van der Waals surface area contributed by atoms with Gasteiger partial charge in [-0.2, -0.15) is 0 Å². The summed E-state index contributed by atoms with van der Waals surface area (Å²) in [5.41, 5.74) is 0. The monoisotopic (exact) mass is 232 g/mol. The molecule has 6 N–H and O–H groups in total. The van der Waals surface area contributed by atoms with Crippen LogP contribution in [0.1, 0.15) is 6.92 Å². The van der Waals surface area contributed by atoms with Crippen LogP contribution >= 0.6 is 7.82 Å². The molecule has 0 saturated heterocycles. The quantitative estimate of drug-likeness (QED) is 0.288. The smallest absolute Gasteiger partial charge is 0.394 e. The lowest BCUT2D eigenvalue weighted by Gasteiger charge is -2.10. The molecule has 0 radical (unpaired) electrons. The van der Waals surface area contributed by atoms with Crippen molar-refractivity contribution in [3.63, 3.8) is 0 Å². The van der Waals surface area contributed by atoms with Gasteiger partial charge < -0.3 is 30.0 Å². The SMILES string of the molecule is CC(=O)[C@@H](O)[C@H](O)CO.O=P(O)(O)O. The summed E-state index contributed by atoms with van der Waals surface area (Å²) in [6, 6.07) is 0. The second kappa shape index (κ2) is 7.02. The second-order valence-corrected chi connectivity index (χ2v) is 3.35. The number of phosphoric acid groups is 1. The molecule has 0 spiro atoms. The van der Waals surface area contributed by atoms with E-state index in [-0.39, 0.29) is 0 Å². The van der Waals surface area contributed by atoms with Crippen LogP contribution in [0.5, 0.6) is 0 Å². The van der Waals surface area contributed by atoms with E-state index in [4.69, 9.17) is 34.6 Å². The Labute approximate surface area is 79.7 Å². The summed E-state index contributed by atoms with van der Waals surface area (Å²) in [6.07, 6.45) is -2.79. The van der Waals surface area contributed by atoms with Gasteiger partial charge in [0.25, 0.3) is 0 Å². The summed E-state index contributed by atoms with van der Waals surface area (Å²) in [5.74, 6) is -0.545. The number of hydrogen-bond donors (Lipinski definition) is 6. The van der Waals surface area contributed by atoms with Gasteiger partial charge in [0.1, 0.15) is 12.2 Å². The zero-order chi connectivity index (χ0) is 11.9. The molecule has 0 heterocycles. The van der Waals surface area contributed by atoms with Crippen LogP contribution in [-0.4, -0.2) is 54.6 Å². The number of carbonyl (C=O) groups excluding carboxylic acids is 1. The van der Waals surface area contributed by atoms with Crippen LogP contribution in [0.3, 0.4) is 0 Å². The molecule has 0 aromatic carbocycles. The first kappa shape index (κ1) is 16.1. The predicted octanol–water partition coefficient (Wildman–Crippen LogP) is -2.64. The maximum atomic E-state index is 10.2. The third-order valence-electron chi connectivity index (χ3n) is 0.968. The average molecular weight is 232 g/mol. The average Bonchev–Trinajstić information content (AvgIpc) is 1.98. The largest absolute Gasteiger partial charge is 0.466 e. The van der Waals surface area contributed by atoms with E-state index in [9.17, 15) is 4.79 Å². The van der Waals surface area contributed by atoms with Gasteiger partial charge in [0.2, 0.25) is 0 Å². The predicted molar refractivity (Wildman–Crippen MR) is 44.0 cm³/mol. The van der Waals surface area contributed by atoms with Crippen LogP contribution in [0.15, 0.2) is 0 Å². The molecule has 86 valence electrons. The molecule has 8 nitrogen and oxygen atoms in total. The Balaban J connectivity index is 0. The van der Waals surface area contributed by atoms with Crippen molar-refractivity contribution in [2.24, 2.45) is 0 Å². The van der Waals surface area contributed by atoms with Crippen LogP contribution in [0, 0.1) is 0 Å². The number of Topliss-reactive ketones (excluding diaryl/α,β-unsaturated/α-hetero) is 1. The zero-order valence-corrected chi connectivity index (χ0v) is 8.20. The first-order valence-electron chi connectivity index (χ1n) is 3.35. The van der Waals surface area contributed by atoms with Gasteiger partial charge >= 0.3 is 7.82 Å². The van der Waals surface area contributed by atoms with E-state index in [1.165, 1.54) is 0 Å². The van der Waals surface area contributed by atoms with E-state index in [1.807, 2.05) is 0 Å². The highest BCUT2D eigenvalue weighted by molar-refractivity contribution is 7.45. The van der Waals surface area contributed by atoms with Crippen molar-refractivity contribution in [1.82, 2.24) is 0 Å². The van der Waals surface area contributed by atoms with Crippen molar-refractivity contribution < 1.29 is 39.4 Å². The van der Waals surface area contributed by atoms with Crippen LogP contribution in [0.4, 0.5) is 0 Å².